The number of nitrogens with zero attached hydrogens (tertiary/aromatic N) is 3. The first-order chi connectivity index (χ1) is 13.0. The molecule has 0 unspecified atom stereocenters. The number of nitro groups is 1. The Hall–Kier alpha value is -1.59. The Labute approximate surface area is 165 Å². The molecule has 0 aromatic heterocycles. The van der Waals surface area contributed by atoms with Gasteiger partial charge in [-0.15, -0.1) is 0 Å². The van der Waals surface area contributed by atoms with Crippen LogP contribution in [0.5, 0.6) is 0 Å². The molecule has 2 aliphatic rings. The van der Waals surface area contributed by atoms with E-state index in [-0.39, 0.29) is 23.2 Å². The molecule has 0 aliphatic carbocycles. The highest BCUT2D eigenvalue weighted by molar-refractivity contribution is 7.91. The van der Waals surface area contributed by atoms with Crippen LogP contribution in [0.1, 0.15) is 18.4 Å². The first-order valence-corrected chi connectivity index (χ1v) is 10.9. The lowest BCUT2D eigenvalue weighted by molar-refractivity contribution is -0.384. The molecule has 2 aliphatic heterocycles. The molecular weight excluding hydrogens is 423 g/mol. The lowest BCUT2D eigenvalue weighted by Crippen LogP contribution is -2.50. The van der Waals surface area contributed by atoms with Gasteiger partial charge in [-0.3, -0.25) is 15.0 Å². The largest absolute Gasteiger partial charge is 0.418 e. The van der Waals surface area contributed by atoms with Crippen LogP contribution < -0.4 is 4.90 Å². The van der Waals surface area contributed by atoms with Gasteiger partial charge in [0, 0.05) is 38.3 Å². The molecule has 0 saturated carbocycles. The Kier molecular flexibility index (Phi) is 5.79. The van der Waals surface area contributed by atoms with Crippen LogP contribution in [0.4, 0.5) is 24.5 Å². The second-order valence-corrected chi connectivity index (χ2v) is 9.69. The summed E-state index contributed by atoms with van der Waals surface area (Å²) in [7, 11) is -2.98. The van der Waals surface area contributed by atoms with Crippen LogP contribution in [-0.2, 0) is 16.0 Å². The maximum absolute atomic E-state index is 13.0. The molecule has 0 spiro atoms. The van der Waals surface area contributed by atoms with Crippen LogP contribution in [-0.4, -0.2) is 62.0 Å². The Morgan fingerprint density at radius 1 is 1.11 bits per heavy atom. The zero-order valence-electron chi connectivity index (χ0n) is 14.8. The third-order valence-corrected chi connectivity index (χ3v) is 7.19. The van der Waals surface area contributed by atoms with Crippen molar-refractivity contribution in [3.8, 4) is 0 Å². The van der Waals surface area contributed by atoms with E-state index in [1.165, 1.54) is 0 Å². The van der Waals surface area contributed by atoms with Gasteiger partial charge in [-0.25, -0.2) is 8.42 Å². The SMILES string of the molecule is O=[N+]([O-])c1cc(C(F)(F)F)c(Cl)cc1N1CCC(N2CCS(=O)(=O)CC2)CC1. The van der Waals surface area contributed by atoms with E-state index in [2.05, 4.69) is 4.90 Å². The van der Waals surface area contributed by atoms with Crippen LogP contribution >= 0.6 is 11.6 Å². The number of piperidine rings is 1. The lowest BCUT2D eigenvalue weighted by Gasteiger charge is -2.40. The number of sulfone groups is 1. The fourth-order valence-corrected chi connectivity index (χ4v) is 5.23. The van der Waals surface area contributed by atoms with Crippen molar-refractivity contribution in [2.75, 3.05) is 42.6 Å². The molecule has 7 nitrogen and oxygen atoms in total. The van der Waals surface area contributed by atoms with E-state index in [9.17, 15) is 31.7 Å². The maximum atomic E-state index is 13.0. The molecule has 2 saturated heterocycles. The summed E-state index contributed by atoms with van der Waals surface area (Å²) in [5, 5.41) is 10.8. The molecule has 2 fully saturated rings. The fourth-order valence-electron chi connectivity index (χ4n) is 3.73. The van der Waals surface area contributed by atoms with Crippen molar-refractivity contribution >= 4 is 32.8 Å². The zero-order valence-corrected chi connectivity index (χ0v) is 16.4. The molecule has 0 atom stereocenters. The van der Waals surface area contributed by atoms with Crippen molar-refractivity contribution < 1.29 is 26.5 Å². The molecule has 12 heteroatoms. The van der Waals surface area contributed by atoms with Crippen molar-refractivity contribution in [2.45, 2.75) is 25.1 Å². The van der Waals surface area contributed by atoms with Crippen LogP contribution in [0.2, 0.25) is 5.02 Å². The van der Waals surface area contributed by atoms with Crippen molar-refractivity contribution in [3.63, 3.8) is 0 Å². The Morgan fingerprint density at radius 3 is 2.18 bits per heavy atom. The standard InChI is InChI=1S/C16H19ClF3N3O4S/c17-13-10-14(15(23(24)25)9-12(13)16(18,19)20)22-3-1-11(2-4-22)21-5-7-28(26,27)8-6-21/h9-11H,1-8H2. The number of benzene rings is 1. The Bertz CT molecular complexity index is 857. The molecule has 2 heterocycles. The normalized spacial score (nSPS) is 21.6. The van der Waals surface area contributed by atoms with Crippen LogP contribution in [0, 0.1) is 10.1 Å². The van der Waals surface area contributed by atoms with E-state index < -0.39 is 37.2 Å². The maximum Gasteiger partial charge on any atom is 0.418 e. The number of anilines is 1. The molecule has 0 bridgehead atoms. The molecule has 1 aromatic rings. The molecule has 28 heavy (non-hydrogen) atoms. The van der Waals surface area contributed by atoms with Crippen LogP contribution in [0.3, 0.4) is 0 Å². The molecule has 156 valence electrons. The first-order valence-electron chi connectivity index (χ1n) is 8.72. The van der Waals surface area contributed by atoms with Gasteiger partial charge in [0.2, 0.25) is 0 Å². The number of nitro benzene ring substituents is 1. The molecule has 0 N–H and O–H groups in total. The topological polar surface area (TPSA) is 83.8 Å². The van der Waals surface area contributed by atoms with E-state index >= 15 is 0 Å². The van der Waals surface area contributed by atoms with E-state index in [0.29, 0.717) is 45.1 Å². The Balaban J connectivity index is 1.75. The predicted molar refractivity (Wildman–Crippen MR) is 98.6 cm³/mol. The number of alkyl halides is 3. The summed E-state index contributed by atoms with van der Waals surface area (Å²) in [6.45, 7) is 1.74. The highest BCUT2D eigenvalue weighted by Gasteiger charge is 2.37. The summed E-state index contributed by atoms with van der Waals surface area (Å²) in [6, 6.07) is 1.64. The summed E-state index contributed by atoms with van der Waals surface area (Å²) in [6.07, 6.45) is -3.51. The van der Waals surface area contributed by atoms with E-state index in [1.807, 2.05) is 0 Å². The monoisotopic (exact) mass is 441 g/mol. The number of hydrogen-bond acceptors (Lipinski definition) is 6. The van der Waals surface area contributed by atoms with Gasteiger partial charge in [0.25, 0.3) is 5.69 Å². The van der Waals surface area contributed by atoms with Gasteiger partial charge in [-0.1, -0.05) is 11.6 Å². The lowest BCUT2D eigenvalue weighted by atomic mass is 10.0. The first kappa shape index (κ1) is 21.1. The molecular formula is C16H19ClF3N3O4S. The van der Waals surface area contributed by atoms with Gasteiger partial charge in [0.05, 0.1) is 27.0 Å². The number of rotatable bonds is 3. The fraction of sp³-hybridized carbons (Fsp3) is 0.625. The molecule has 0 radical (unpaired) electrons. The quantitative estimate of drug-likeness (QED) is 0.529. The van der Waals surface area contributed by atoms with Gasteiger partial charge in [-0.05, 0) is 18.9 Å². The van der Waals surface area contributed by atoms with E-state index in [4.69, 9.17) is 11.6 Å². The summed E-state index contributed by atoms with van der Waals surface area (Å²) in [5.41, 5.74) is -1.78. The number of halogens is 4. The second kappa shape index (κ2) is 7.68. The average molecular weight is 442 g/mol. The van der Waals surface area contributed by atoms with Gasteiger partial charge < -0.3 is 4.90 Å². The highest BCUT2D eigenvalue weighted by Crippen LogP contribution is 2.42. The van der Waals surface area contributed by atoms with Crippen molar-refractivity contribution in [1.82, 2.24) is 4.90 Å². The molecule has 3 rings (SSSR count). The van der Waals surface area contributed by atoms with Crippen LogP contribution in [0.15, 0.2) is 12.1 Å². The minimum Gasteiger partial charge on any atom is -0.366 e. The van der Waals surface area contributed by atoms with E-state index in [0.717, 1.165) is 6.07 Å². The third-order valence-electron chi connectivity index (χ3n) is 5.27. The zero-order chi connectivity index (χ0) is 20.7. The van der Waals surface area contributed by atoms with Crippen molar-refractivity contribution in [3.05, 3.63) is 32.8 Å². The van der Waals surface area contributed by atoms with Gasteiger partial charge in [-0.2, -0.15) is 13.2 Å². The van der Waals surface area contributed by atoms with Gasteiger partial charge in [0.15, 0.2) is 9.84 Å². The third kappa shape index (κ3) is 4.52. The predicted octanol–water partition coefficient (Wildman–Crippen LogP) is 2.97. The summed E-state index contributed by atoms with van der Waals surface area (Å²) >= 11 is 5.75. The smallest absolute Gasteiger partial charge is 0.366 e. The highest BCUT2D eigenvalue weighted by atomic mass is 35.5. The van der Waals surface area contributed by atoms with Crippen molar-refractivity contribution in [2.24, 2.45) is 0 Å². The minimum atomic E-state index is -4.78. The second-order valence-electron chi connectivity index (χ2n) is 6.98. The molecule has 0 amide bonds. The summed E-state index contributed by atoms with van der Waals surface area (Å²) < 4.78 is 62.1. The minimum absolute atomic E-state index is 0.0719. The number of hydrogen-bond donors (Lipinski definition) is 0. The summed E-state index contributed by atoms with van der Waals surface area (Å²) in [4.78, 5) is 14.3. The molecule has 1 aromatic carbocycles. The van der Waals surface area contributed by atoms with Gasteiger partial charge in [0.1, 0.15) is 5.69 Å². The van der Waals surface area contributed by atoms with Crippen LogP contribution in [0.25, 0.3) is 0 Å². The average Bonchev–Trinajstić information content (AvgIpc) is 2.60. The Morgan fingerprint density at radius 2 is 1.68 bits per heavy atom. The summed E-state index contributed by atoms with van der Waals surface area (Å²) in [5.74, 6) is 0.237. The van der Waals surface area contributed by atoms with Gasteiger partial charge >= 0.3 is 6.18 Å². The van der Waals surface area contributed by atoms with Crippen molar-refractivity contribution in [1.29, 1.82) is 0 Å². The van der Waals surface area contributed by atoms with E-state index in [1.54, 1.807) is 4.90 Å².